The van der Waals surface area contributed by atoms with Crippen LogP contribution in [-0.4, -0.2) is 23.7 Å². The molecule has 0 bridgehead atoms. The minimum atomic E-state index is -0.864. The number of esters is 1. The number of benzene rings is 1. The van der Waals surface area contributed by atoms with Gasteiger partial charge in [-0.25, -0.2) is 0 Å². The summed E-state index contributed by atoms with van der Waals surface area (Å²) >= 11 is 7.42. The van der Waals surface area contributed by atoms with Gasteiger partial charge in [0.05, 0.1) is 0 Å². The predicted octanol–water partition coefficient (Wildman–Crippen LogP) is 2.63. The maximum atomic E-state index is 11.4. The van der Waals surface area contributed by atoms with Gasteiger partial charge in [-0.1, -0.05) is 11.6 Å². The smallest absolute Gasteiger partial charge is 0.306 e. The molecule has 0 saturated carbocycles. The van der Waals surface area contributed by atoms with E-state index in [0.717, 1.165) is 10.6 Å². The zero-order valence-electron chi connectivity index (χ0n) is 10.6. The van der Waals surface area contributed by atoms with Crippen LogP contribution >= 0.6 is 23.4 Å². The second-order valence-corrected chi connectivity index (χ2v) is 5.55. The summed E-state index contributed by atoms with van der Waals surface area (Å²) < 4.78 is 4.84. The van der Waals surface area contributed by atoms with Gasteiger partial charge in [-0.2, -0.15) is 0 Å². The van der Waals surface area contributed by atoms with E-state index in [0.29, 0.717) is 11.4 Å². The molecule has 0 aromatic heterocycles. The summed E-state index contributed by atoms with van der Waals surface area (Å²) in [5.41, 5.74) is 5.00. The van der Waals surface area contributed by atoms with E-state index in [1.165, 1.54) is 6.92 Å². The van der Waals surface area contributed by atoms with Gasteiger partial charge in [-0.05, 0) is 43.4 Å². The molecule has 0 fully saturated rings. The van der Waals surface area contributed by atoms with Crippen molar-refractivity contribution in [3.05, 3.63) is 29.3 Å². The molecule has 4 nitrogen and oxygen atoms in total. The van der Waals surface area contributed by atoms with Crippen LogP contribution in [-0.2, 0) is 14.3 Å². The third-order valence-electron chi connectivity index (χ3n) is 2.32. The molecule has 1 amide bonds. The number of carbonyl (C=O) groups excluding carboxylic acids is 2. The minimum Gasteiger partial charge on any atom is -0.453 e. The van der Waals surface area contributed by atoms with Crippen LogP contribution in [0.15, 0.2) is 29.2 Å². The summed E-state index contributed by atoms with van der Waals surface area (Å²) in [7, 11) is 0. The van der Waals surface area contributed by atoms with Crippen molar-refractivity contribution in [2.24, 2.45) is 5.73 Å². The van der Waals surface area contributed by atoms with Gasteiger partial charge in [0, 0.05) is 16.3 Å². The van der Waals surface area contributed by atoms with Crippen LogP contribution in [0.4, 0.5) is 0 Å². The highest BCUT2D eigenvalue weighted by Gasteiger charge is 2.13. The Morgan fingerprint density at radius 2 is 2.00 bits per heavy atom. The molecule has 0 heterocycles. The molecule has 2 N–H and O–H groups in total. The molecule has 0 radical (unpaired) electrons. The molecule has 104 valence electrons. The quantitative estimate of drug-likeness (QED) is 0.477. The molecular weight excluding hydrogens is 286 g/mol. The average molecular weight is 302 g/mol. The Bertz CT molecular complexity index is 436. The zero-order chi connectivity index (χ0) is 14.3. The summed E-state index contributed by atoms with van der Waals surface area (Å²) in [6, 6.07) is 7.51. The lowest BCUT2D eigenvalue weighted by molar-refractivity contribution is -0.153. The van der Waals surface area contributed by atoms with Crippen molar-refractivity contribution in [3.63, 3.8) is 0 Å². The van der Waals surface area contributed by atoms with E-state index in [2.05, 4.69) is 0 Å². The van der Waals surface area contributed by atoms with Crippen LogP contribution in [0.5, 0.6) is 0 Å². The Kier molecular flexibility index (Phi) is 6.73. The Balaban J connectivity index is 2.18. The zero-order valence-corrected chi connectivity index (χ0v) is 12.2. The fraction of sp³-hybridized carbons (Fsp3) is 0.385. The van der Waals surface area contributed by atoms with Gasteiger partial charge in [0.1, 0.15) is 0 Å². The van der Waals surface area contributed by atoms with Crippen LogP contribution in [0.1, 0.15) is 19.8 Å². The molecule has 0 aliphatic carbocycles. The molecule has 0 saturated heterocycles. The summed E-state index contributed by atoms with van der Waals surface area (Å²) in [4.78, 5) is 23.2. The number of primary amides is 1. The SMILES string of the molecule is CC(OC(=O)CCCSc1ccc(Cl)cc1)C(N)=O. The maximum absolute atomic E-state index is 11.4. The summed E-state index contributed by atoms with van der Waals surface area (Å²) in [5, 5.41) is 0.702. The lowest BCUT2D eigenvalue weighted by Crippen LogP contribution is -2.30. The normalized spacial score (nSPS) is 11.9. The third kappa shape index (κ3) is 6.50. The van der Waals surface area contributed by atoms with Gasteiger partial charge in [-0.15, -0.1) is 11.8 Å². The Hall–Kier alpha value is -1.20. The van der Waals surface area contributed by atoms with Gasteiger partial charge in [0.2, 0.25) is 0 Å². The van der Waals surface area contributed by atoms with Crippen LogP contribution in [0.25, 0.3) is 0 Å². The van der Waals surface area contributed by atoms with E-state index in [4.69, 9.17) is 22.1 Å². The number of thioether (sulfide) groups is 1. The van der Waals surface area contributed by atoms with E-state index in [9.17, 15) is 9.59 Å². The van der Waals surface area contributed by atoms with Gasteiger partial charge in [0.15, 0.2) is 6.10 Å². The molecule has 1 unspecified atom stereocenters. The minimum absolute atomic E-state index is 0.276. The Labute approximate surface area is 121 Å². The van der Waals surface area contributed by atoms with Gasteiger partial charge in [-0.3, -0.25) is 9.59 Å². The first-order valence-corrected chi connectivity index (χ1v) is 7.22. The third-order valence-corrected chi connectivity index (χ3v) is 3.67. The molecule has 6 heteroatoms. The molecule has 0 aliphatic heterocycles. The summed E-state index contributed by atoms with van der Waals surface area (Å²) in [6.45, 7) is 1.46. The molecule has 0 aliphatic rings. The standard InChI is InChI=1S/C13H16ClNO3S/c1-9(13(15)17)18-12(16)3-2-8-19-11-6-4-10(14)5-7-11/h4-7,9H,2-3,8H2,1H3,(H2,15,17). The highest BCUT2D eigenvalue weighted by molar-refractivity contribution is 7.99. The fourth-order valence-electron chi connectivity index (χ4n) is 1.25. The molecule has 0 spiro atoms. The maximum Gasteiger partial charge on any atom is 0.306 e. The summed E-state index contributed by atoms with van der Waals surface area (Å²) in [6.07, 6.45) is 0.0898. The van der Waals surface area contributed by atoms with E-state index in [-0.39, 0.29) is 6.42 Å². The summed E-state index contributed by atoms with van der Waals surface area (Å²) in [5.74, 6) is -0.242. The number of halogens is 1. The number of hydrogen-bond acceptors (Lipinski definition) is 4. The highest BCUT2D eigenvalue weighted by atomic mass is 35.5. The number of carbonyl (C=O) groups is 2. The first-order chi connectivity index (χ1) is 8.99. The largest absolute Gasteiger partial charge is 0.453 e. The Morgan fingerprint density at radius 3 is 2.58 bits per heavy atom. The van der Waals surface area contributed by atoms with Gasteiger partial charge < -0.3 is 10.5 Å². The fourth-order valence-corrected chi connectivity index (χ4v) is 2.23. The number of hydrogen-bond donors (Lipinski definition) is 1. The van der Waals surface area contributed by atoms with Crippen molar-refractivity contribution in [3.8, 4) is 0 Å². The molecule has 1 aromatic rings. The monoisotopic (exact) mass is 301 g/mol. The molecular formula is C13H16ClNO3S. The first kappa shape index (κ1) is 15.9. The van der Waals surface area contributed by atoms with Crippen molar-refractivity contribution in [2.45, 2.75) is 30.8 Å². The highest BCUT2D eigenvalue weighted by Crippen LogP contribution is 2.21. The lowest BCUT2D eigenvalue weighted by Gasteiger charge is -2.09. The average Bonchev–Trinajstić information content (AvgIpc) is 2.36. The second kappa shape index (κ2) is 8.07. The van der Waals surface area contributed by atoms with Crippen LogP contribution in [0.2, 0.25) is 5.02 Å². The van der Waals surface area contributed by atoms with Crippen molar-refractivity contribution in [1.29, 1.82) is 0 Å². The number of amides is 1. The topological polar surface area (TPSA) is 69.4 Å². The van der Waals surface area contributed by atoms with Gasteiger partial charge >= 0.3 is 5.97 Å². The molecule has 1 rings (SSSR count). The van der Waals surface area contributed by atoms with Crippen LogP contribution in [0.3, 0.4) is 0 Å². The Morgan fingerprint density at radius 1 is 1.37 bits per heavy atom. The molecule has 1 aromatic carbocycles. The van der Waals surface area contributed by atoms with Crippen LogP contribution < -0.4 is 5.73 Å². The van der Waals surface area contributed by atoms with Crippen molar-refractivity contribution in [1.82, 2.24) is 0 Å². The van der Waals surface area contributed by atoms with E-state index < -0.39 is 18.0 Å². The number of nitrogens with two attached hydrogens (primary N) is 1. The molecule has 19 heavy (non-hydrogen) atoms. The second-order valence-electron chi connectivity index (χ2n) is 3.94. The number of ether oxygens (including phenoxy) is 1. The van der Waals surface area contributed by atoms with E-state index in [1.54, 1.807) is 11.8 Å². The van der Waals surface area contributed by atoms with E-state index >= 15 is 0 Å². The van der Waals surface area contributed by atoms with Crippen molar-refractivity contribution >= 4 is 35.2 Å². The van der Waals surface area contributed by atoms with Crippen molar-refractivity contribution in [2.75, 3.05) is 5.75 Å². The lowest BCUT2D eigenvalue weighted by atomic mass is 10.3. The van der Waals surface area contributed by atoms with Gasteiger partial charge in [0.25, 0.3) is 5.91 Å². The van der Waals surface area contributed by atoms with E-state index in [1.807, 2.05) is 24.3 Å². The predicted molar refractivity (Wildman–Crippen MR) is 76.2 cm³/mol. The molecule has 1 atom stereocenters. The van der Waals surface area contributed by atoms with Crippen LogP contribution in [0, 0.1) is 0 Å². The number of rotatable bonds is 7. The van der Waals surface area contributed by atoms with Crippen molar-refractivity contribution < 1.29 is 14.3 Å². The first-order valence-electron chi connectivity index (χ1n) is 5.86.